The van der Waals surface area contributed by atoms with Gasteiger partial charge in [-0.15, -0.1) is 0 Å². The lowest BCUT2D eigenvalue weighted by Gasteiger charge is -2.40. The van der Waals surface area contributed by atoms with Crippen LogP contribution >= 0.6 is 0 Å². The van der Waals surface area contributed by atoms with E-state index in [0.29, 0.717) is 6.54 Å². The van der Waals surface area contributed by atoms with Crippen molar-refractivity contribution < 1.29 is 14.7 Å². The maximum atomic E-state index is 11.7. The van der Waals surface area contributed by atoms with Crippen LogP contribution in [0.1, 0.15) is 58.8 Å². The number of unbranched alkanes of at least 4 members (excludes halogenated alkanes) is 1. The molecule has 0 aromatic heterocycles. The van der Waals surface area contributed by atoms with Crippen LogP contribution in [0.25, 0.3) is 0 Å². The van der Waals surface area contributed by atoms with Crippen molar-refractivity contribution in [2.75, 3.05) is 6.54 Å². The van der Waals surface area contributed by atoms with Crippen molar-refractivity contribution in [1.82, 2.24) is 10.6 Å². The zero-order chi connectivity index (χ0) is 14.3. The molecular formula is C14H26N2O3. The van der Waals surface area contributed by atoms with Crippen molar-refractivity contribution >= 4 is 12.0 Å². The average molecular weight is 270 g/mol. The molecule has 0 saturated heterocycles. The number of hydrogen-bond acceptors (Lipinski definition) is 2. The number of nitrogens with one attached hydrogen (secondary N) is 2. The minimum Gasteiger partial charge on any atom is -0.481 e. The van der Waals surface area contributed by atoms with Crippen molar-refractivity contribution in [3.8, 4) is 0 Å². The largest absolute Gasteiger partial charge is 0.481 e. The Labute approximate surface area is 115 Å². The number of amides is 2. The number of aliphatic carboxylic acids is 1. The number of rotatable bonds is 8. The van der Waals surface area contributed by atoms with Crippen LogP contribution in [0, 0.1) is 5.41 Å². The van der Waals surface area contributed by atoms with Gasteiger partial charge in [-0.1, -0.05) is 26.2 Å². The van der Waals surface area contributed by atoms with E-state index in [1.165, 1.54) is 0 Å². The first-order valence-electron chi connectivity index (χ1n) is 7.23. The molecule has 0 heterocycles. The third-order valence-electron chi connectivity index (χ3n) is 3.93. The van der Waals surface area contributed by atoms with Gasteiger partial charge in [-0.2, -0.15) is 0 Å². The molecule has 1 fully saturated rings. The van der Waals surface area contributed by atoms with Gasteiger partial charge in [0.05, 0.1) is 6.42 Å². The molecule has 0 aromatic carbocycles. The topological polar surface area (TPSA) is 78.4 Å². The molecule has 19 heavy (non-hydrogen) atoms. The van der Waals surface area contributed by atoms with E-state index >= 15 is 0 Å². The van der Waals surface area contributed by atoms with Gasteiger partial charge in [0.15, 0.2) is 0 Å². The predicted octanol–water partition coefficient (Wildman–Crippen LogP) is 2.51. The van der Waals surface area contributed by atoms with Gasteiger partial charge in [0, 0.05) is 12.6 Å². The van der Waals surface area contributed by atoms with E-state index in [2.05, 4.69) is 17.6 Å². The fourth-order valence-corrected chi connectivity index (χ4v) is 2.54. The fourth-order valence-electron chi connectivity index (χ4n) is 2.54. The van der Waals surface area contributed by atoms with E-state index in [9.17, 15) is 9.59 Å². The van der Waals surface area contributed by atoms with Gasteiger partial charge in [0.2, 0.25) is 0 Å². The van der Waals surface area contributed by atoms with Crippen LogP contribution in [-0.4, -0.2) is 29.7 Å². The molecule has 1 atom stereocenters. The SMILES string of the molecule is CCCCC(C)NC(=O)NCC1(CC(=O)O)CCC1. The van der Waals surface area contributed by atoms with E-state index < -0.39 is 5.97 Å². The average Bonchev–Trinajstić information content (AvgIpc) is 2.29. The van der Waals surface area contributed by atoms with E-state index in [0.717, 1.165) is 38.5 Å². The second kappa shape index (κ2) is 7.36. The Morgan fingerprint density at radius 1 is 1.37 bits per heavy atom. The maximum absolute atomic E-state index is 11.7. The molecule has 110 valence electrons. The molecule has 3 N–H and O–H groups in total. The Hall–Kier alpha value is -1.26. The lowest BCUT2D eigenvalue weighted by molar-refractivity contribution is -0.141. The molecule has 1 unspecified atom stereocenters. The van der Waals surface area contributed by atoms with E-state index in [4.69, 9.17) is 5.11 Å². The molecule has 0 radical (unpaired) electrons. The molecule has 1 aliphatic carbocycles. The fraction of sp³-hybridized carbons (Fsp3) is 0.857. The van der Waals surface area contributed by atoms with E-state index in [1.807, 2.05) is 6.92 Å². The smallest absolute Gasteiger partial charge is 0.315 e. The Kier molecular flexibility index (Phi) is 6.12. The molecule has 0 bridgehead atoms. The first-order chi connectivity index (χ1) is 8.97. The summed E-state index contributed by atoms with van der Waals surface area (Å²) in [6.07, 6.45) is 6.20. The summed E-state index contributed by atoms with van der Waals surface area (Å²) in [5.41, 5.74) is -0.212. The van der Waals surface area contributed by atoms with Crippen LogP contribution in [0.4, 0.5) is 4.79 Å². The molecular weight excluding hydrogens is 244 g/mol. The minimum absolute atomic E-state index is 0.151. The summed E-state index contributed by atoms with van der Waals surface area (Å²) in [6.45, 7) is 4.58. The molecule has 5 nitrogen and oxygen atoms in total. The van der Waals surface area contributed by atoms with Crippen molar-refractivity contribution in [3.63, 3.8) is 0 Å². The highest BCUT2D eigenvalue weighted by molar-refractivity contribution is 5.74. The number of carbonyl (C=O) groups excluding carboxylic acids is 1. The minimum atomic E-state index is -0.779. The number of hydrogen-bond donors (Lipinski definition) is 3. The van der Waals surface area contributed by atoms with Gasteiger partial charge in [-0.05, 0) is 31.6 Å². The summed E-state index contributed by atoms with van der Waals surface area (Å²) < 4.78 is 0. The molecule has 0 aliphatic heterocycles. The zero-order valence-electron chi connectivity index (χ0n) is 12.0. The second-order valence-corrected chi connectivity index (χ2v) is 5.79. The quantitative estimate of drug-likeness (QED) is 0.634. The van der Waals surface area contributed by atoms with Crippen LogP contribution in [-0.2, 0) is 4.79 Å². The Morgan fingerprint density at radius 3 is 2.53 bits per heavy atom. The Morgan fingerprint density at radius 2 is 2.05 bits per heavy atom. The Balaban J connectivity index is 2.26. The van der Waals surface area contributed by atoms with Crippen molar-refractivity contribution in [2.45, 2.75) is 64.8 Å². The molecule has 1 aliphatic rings. The Bertz CT molecular complexity index is 314. The monoisotopic (exact) mass is 270 g/mol. The van der Waals surface area contributed by atoms with Gasteiger partial charge in [0.1, 0.15) is 0 Å². The van der Waals surface area contributed by atoms with Gasteiger partial charge in [-0.3, -0.25) is 4.79 Å². The van der Waals surface area contributed by atoms with Gasteiger partial charge in [-0.25, -0.2) is 4.79 Å². The van der Waals surface area contributed by atoms with Crippen LogP contribution in [0.15, 0.2) is 0 Å². The summed E-state index contributed by atoms with van der Waals surface area (Å²) in [5, 5.41) is 14.6. The van der Waals surface area contributed by atoms with E-state index in [1.54, 1.807) is 0 Å². The third-order valence-corrected chi connectivity index (χ3v) is 3.93. The standard InChI is InChI=1S/C14H26N2O3/c1-3-4-6-11(2)16-13(19)15-10-14(7-5-8-14)9-12(17)18/h11H,3-10H2,1-2H3,(H,17,18)(H2,15,16,19). The highest BCUT2D eigenvalue weighted by atomic mass is 16.4. The highest BCUT2D eigenvalue weighted by Crippen LogP contribution is 2.43. The summed E-state index contributed by atoms with van der Waals surface area (Å²) in [6, 6.07) is -0.0166. The molecule has 2 amide bonds. The number of carboxylic acid groups (broad SMARTS) is 1. The van der Waals surface area contributed by atoms with Gasteiger partial charge in [0.25, 0.3) is 0 Å². The molecule has 0 spiro atoms. The summed E-state index contributed by atoms with van der Waals surface area (Å²) in [5.74, 6) is -0.779. The molecule has 1 saturated carbocycles. The molecule has 0 aromatic rings. The van der Waals surface area contributed by atoms with Crippen LogP contribution in [0.5, 0.6) is 0 Å². The molecule has 1 rings (SSSR count). The van der Waals surface area contributed by atoms with Crippen molar-refractivity contribution in [1.29, 1.82) is 0 Å². The first kappa shape index (κ1) is 15.8. The maximum Gasteiger partial charge on any atom is 0.315 e. The molecule has 5 heteroatoms. The van der Waals surface area contributed by atoms with Gasteiger partial charge >= 0.3 is 12.0 Å². The van der Waals surface area contributed by atoms with Crippen molar-refractivity contribution in [3.05, 3.63) is 0 Å². The third kappa shape index (κ3) is 5.49. The highest BCUT2D eigenvalue weighted by Gasteiger charge is 2.39. The van der Waals surface area contributed by atoms with Crippen molar-refractivity contribution in [2.24, 2.45) is 5.41 Å². The lowest BCUT2D eigenvalue weighted by atomic mass is 9.66. The number of urea groups is 1. The zero-order valence-corrected chi connectivity index (χ0v) is 12.0. The van der Waals surface area contributed by atoms with E-state index in [-0.39, 0.29) is 23.9 Å². The summed E-state index contributed by atoms with van der Waals surface area (Å²) in [7, 11) is 0. The normalized spacial score (nSPS) is 18.2. The van der Waals surface area contributed by atoms with Crippen LogP contribution < -0.4 is 10.6 Å². The lowest BCUT2D eigenvalue weighted by Crippen LogP contribution is -2.48. The van der Waals surface area contributed by atoms with Crippen LogP contribution in [0.3, 0.4) is 0 Å². The number of carbonyl (C=O) groups is 2. The second-order valence-electron chi connectivity index (χ2n) is 5.79. The predicted molar refractivity (Wildman–Crippen MR) is 74.1 cm³/mol. The number of carboxylic acids is 1. The van der Waals surface area contributed by atoms with Crippen LogP contribution in [0.2, 0.25) is 0 Å². The first-order valence-corrected chi connectivity index (χ1v) is 7.23. The summed E-state index contributed by atoms with van der Waals surface area (Å²) >= 11 is 0. The van der Waals surface area contributed by atoms with Gasteiger partial charge < -0.3 is 15.7 Å². The summed E-state index contributed by atoms with van der Waals surface area (Å²) in [4.78, 5) is 22.5.